The van der Waals surface area contributed by atoms with Gasteiger partial charge in [-0.2, -0.15) is 0 Å². The number of nitrogens with two attached hydrogens (primary N) is 1. The van der Waals surface area contributed by atoms with Gasteiger partial charge < -0.3 is 10.5 Å². The van der Waals surface area contributed by atoms with E-state index >= 15 is 0 Å². The van der Waals surface area contributed by atoms with Gasteiger partial charge in [-0.15, -0.1) is 0 Å². The second kappa shape index (κ2) is 7.17. The molecule has 3 heteroatoms. The number of benzene rings is 2. The molecule has 2 nitrogen and oxygen atoms in total. The Hall–Kier alpha value is -1.51. The van der Waals surface area contributed by atoms with Gasteiger partial charge in [0.05, 0.1) is 0 Å². The van der Waals surface area contributed by atoms with E-state index in [1.807, 2.05) is 36.4 Å². The van der Waals surface area contributed by atoms with Crippen molar-refractivity contribution in [3.63, 3.8) is 0 Å². The highest BCUT2D eigenvalue weighted by Crippen LogP contribution is 2.19. The van der Waals surface area contributed by atoms with E-state index in [-0.39, 0.29) is 0 Å². The van der Waals surface area contributed by atoms with E-state index in [9.17, 15) is 0 Å². The molecular formula is C16H18ClNO. The summed E-state index contributed by atoms with van der Waals surface area (Å²) < 4.78 is 5.72. The zero-order valence-corrected chi connectivity index (χ0v) is 11.6. The van der Waals surface area contributed by atoms with Gasteiger partial charge in [0.25, 0.3) is 0 Å². The Balaban J connectivity index is 1.91. The summed E-state index contributed by atoms with van der Waals surface area (Å²) in [5.74, 6) is 0.858. The summed E-state index contributed by atoms with van der Waals surface area (Å²) >= 11 is 6.08. The number of hydrogen-bond donors (Lipinski definition) is 1. The summed E-state index contributed by atoms with van der Waals surface area (Å²) in [7, 11) is 0. The lowest BCUT2D eigenvalue weighted by atomic mass is 10.1. The molecule has 2 N–H and O–H groups in total. The smallest absolute Gasteiger partial charge is 0.119 e. The van der Waals surface area contributed by atoms with Crippen LogP contribution in [0, 0.1) is 0 Å². The van der Waals surface area contributed by atoms with Gasteiger partial charge in [0.2, 0.25) is 0 Å². The van der Waals surface area contributed by atoms with Crippen LogP contribution in [0.4, 0.5) is 0 Å². The quantitative estimate of drug-likeness (QED) is 0.870. The van der Waals surface area contributed by atoms with Gasteiger partial charge in [-0.3, -0.25) is 0 Å². The Labute approximate surface area is 119 Å². The zero-order valence-electron chi connectivity index (χ0n) is 10.8. The fourth-order valence-corrected chi connectivity index (χ4v) is 2.03. The lowest BCUT2D eigenvalue weighted by Gasteiger charge is -2.08. The molecule has 19 heavy (non-hydrogen) atoms. The molecule has 2 aromatic carbocycles. The topological polar surface area (TPSA) is 35.2 Å². The van der Waals surface area contributed by atoms with Crippen molar-refractivity contribution in [2.24, 2.45) is 5.73 Å². The van der Waals surface area contributed by atoms with Crippen LogP contribution in [0.2, 0.25) is 5.02 Å². The van der Waals surface area contributed by atoms with Crippen molar-refractivity contribution in [1.29, 1.82) is 0 Å². The molecule has 0 bridgehead atoms. The highest BCUT2D eigenvalue weighted by atomic mass is 35.5. The van der Waals surface area contributed by atoms with Gasteiger partial charge in [0, 0.05) is 10.6 Å². The Morgan fingerprint density at radius 2 is 1.74 bits per heavy atom. The maximum absolute atomic E-state index is 6.08. The molecule has 2 rings (SSSR count). The van der Waals surface area contributed by atoms with Crippen molar-refractivity contribution < 1.29 is 4.74 Å². The van der Waals surface area contributed by atoms with Crippen molar-refractivity contribution in [1.82, 2.24) is 0 Å². The SMILES string of the molecule is NCCCc1ccc(OCc2ccccc2Cl)cc1. The van der Waals surface area contributed by atoms with Crippen molar-refractivity contribution in [2.75, 3.05) is 6.54 Å². The Bertz CT molecular complexity index is 510. The van der Waals surface area contributed by atoms with Crippen LogP contribution in [0.15, 0.2) is 48.5 Å². The minimum atomic E-state index is 0.488. The summed E-state index contributed by atoms with van der Waals surface area (Å²) in [6.45, 7) is 1.21. The number of halogens is 1. The van der Waals surface area contributed by atoms with Gasteiger partial charge in [-0.1, -0.05) is 41.9 Å². The predicted molar refractivity (Wildman–Crippen MR) is 79.6 cm³/mol. The second-order valence-electron chi connectivity index (χ2n) is 4.42. The first-order chi connectivity index (χ1) is 9.29. The molecule has 0 aliphatic rings. The fourth-order valence-electron chi connectivity index (χ4n) is 1.84. The molecule has 0 aliphatic heterocycles. The summed E-state index contributed by atoms with van der Waals surface area (Å²) in [6.07, 6.45) is 2.03. The summed E-state index contributed by atoms with van der Waals surface area (Å²) in [6, 6.07) is 15.9. The van der Waals surface area contributed by atoms with E-state index in [0.29, 0.717) is 6.61 Å². The van der Waals surface area contributed by atoms with Gasteiger partial charge in [-0.05, 0) is 43.1 Å². The van der Waals surface area contributed by atoms with Crippen LogP contribution < -0.4 is 10.5 Å². The standard InChI is InChI=1S/C16H18ClNO/c17-16-6-2-1-5-14(16)12-19-15-9-7-13(8-10-15)4-3-11-18/h1-2,5-10H,3-4,11-12,18H2. The van der Waals surface area contributed by atoms with Gasteiger partial charge >= 0.3 is 0 Å². The van der Waals surface area contributed by atoms with Gasteiger partial charge in [-0.25, -0.2) is 0 Å². The third-order valence-electron chi connectivity index (χ3n) is 2.95. The minimum absolute atomic E-state index is 0.488. The summed E-state index contributed by atoms with van der Waals surface area (Å²) in [4.78, 5) is 0. The van der Waals surface area contributed by atoms with E-state index in [0.717, 1.165) is 35.7 Å². The number of hydrogen-bond acceptors (Lipinski definition) is 2. The largest absolute Gasteiger partial charge is 0.489 e. The molecule has 100 valence electrons. The number of aryl methyl sites for hydroxylation is 1. The molecule has 0 saturated carbocycles. The summed E-state index contributed by atoms with van der Waals surface area (Å²) in [5, 5.41) is 0.738. The maximum atomic E-state index is 6.08. The monoisotopic (exact) mass is 275 g/mol. The van der Waals surface area contributed by atoms with Crippen molar-refractivity contribution >= 4 is 11.6 Å². The number of ether oxygens (including phenoxy) is 1. The molecule has 0 aromatic heterocycles. The molecule has 0 radical (unpaired) electrons. The average Bonchev–Trinajstić information content (AvgIpc) is 2.45. The predicted octanol–water partition coefficient (Wildman–Crippen LogP) is 3.81. The fraction of sp³-hybridized carbons (Fsp3) is 0.250. The summed E-state index contributed by atoms with van der Waals surface area (Å²) in [5.41, 5.74) is 7.78. The van der Waals surface area contributed by atoms with Gasteiger partial charge in [0.1, 0.15) is 12.4 Å². The van der Waals surface area contributed by atoms with Crippen LogP contribution in [-0.4, -0.2) is 6.54 Å². The molecule has 0 spiro atoms. The Morgan fingerprint density at radius 1 is 1.00 bits per heavy atom. The molecule has 0 fully saturated rings. The molecule has 0 saturated heterocycles. The Kier molecular flexibility index (Phi) is 5.25. The van der Waals surface area contributed by atoms with Crippen LogP contribution in [0.1, 0.15) is 17.5 Å². The third kappa shape index (κ3) is 4.27. The molecular weight excluding hydrogens is 258 g/mol. The maximum Gasteiger partial charge on any atom is 0.119 e. The molecule has 0 unspecified atom stereocenters. The van der Waals surface area contributed by atoms with Crippen LogP contribution in [0.25, 0.3) is 0 Å². The van der Waals surface area contributed by atoms with Crippen LogP contribution >= 0.6 is 11.6 Å². The molecule has 0 atom stereocenters. The third-order valence-corrected chi connectivity index (χ3v) is 3.31. The van der Waals surface area contributed by atoms with E-state index in [2.05, 4.69) is 12.1 Å². The van der Waals surface area contributed by atoms with Crippen molar-refractivity contribution in [3.05, 3.63) is 64.7 Å². The van der Waals surface area contributed by atoms with Crippen LogP contribution in [0.3, 0.4) is 0 Å². The second-order valence-corrected chi connectivity index (χ2v) is 4.82. The first kappa shape index (κ1) is 13.9. The Morgan fingerprint density at radius 3 is 2.42 bits per heavy atom. The average molecular weight is 276 g/mol. The zero-order chi connectivity index (χ0) is 13.5. The minimum Gasteiger partial charge on any atom is -0.489 e. The van der Waals surface area contributed by atoms with E-state index < -0.39 is 0 Å². The van der Waals surface area contributed by atoms with E-state index in [1.165, 1.54) is 5.56 Å². The van der Waals surface area contributed by atoms with E-state index in [4.69, 9.17) is 22.1 Å². The van der Waals surface area contributed by atoms with Crippen molar-refractivity contribution in [2.45, 2.75) is 19.4 Å². The lowest BCUT2D eigenvalue weighted by molar-refractivity contribution is 0.306. The van der Waals surface area contributed by atoms with Crippen molar-refractivity contribution in [3.8, 4) is 5.75 Å². The molecule has 0 aliphatic carbocycles. The van der Waals surface area contributed by atoms with Crippen LogP contribution in [-0.2, 0) is 13.0 Å². The normalized spacial score (nSPS) is 10.4. The van der Waals surface area contributed by atoms with Gasteiger partial charge in [0.15, 0.2) is 0 Å². The molecule has 0 heterocycles. The molecule has 0 amide bonds. The first-order valence-electron chi connectivity index (χ1n) is 6.45. The van der Waals surface area contributed by atoms with Crippen LogP contribution in [0.5, 0.6) is 5.75 Å². The highest BCUT2D eigenvalue weighted by molar-refractivity contribution is 6.31. The first-order valence-corrected chi connectivity index (χ1v) is 6.82. The molecule has 2 aromatic rings. The number of rotatable bonds is 6. The lowest BCUT2D eigenvalue weighted by Crippen LogP contribution is -2.00. The highest BCUT2D eigenvalue weighted by Gasteiger charge is 2.00. The van der Waals surface area contributed by atoms with E-state index in [1.54, 1.807) is 0 Å².